The number of rotatable bonds is 8. The Morgan fingerprint density at radius 2 is 1.62 bits per heavy atom. The van der Waals surface area contributed by atoms with Crippen molar-refractivity contribution in [2.75, 3.05) is 18.4 Å². The molecule has 0 saturated carbocycles. The molecule has 1 atom stereocenters. The second kappa shape index (κ2) is 13.8. The molecule has 2 aromatic carbocycles. The maximum absolute atomic E-state index is 13.7. The van der Waals surface area contributed by atoms with Crippen LogP contribution in [0.1, 0.15) is 45.6 Å². The van der Waals surface area contributed by atoms with Crippen LogP contribution in [0.15, 0.2) is 58.8 Å². The zero-order valence-corrected chi connectivity index (χ0v) is 26.5. The van der Waals surface area contributed by atoms with Gasteiger partial charge in [0, 0.05) is 10.6 Å². The van der Waals surface area contributed by atoms with Crippen LogP contribution in [0, 0.1) is 5.92 Å². The van der Waals surface area contributed by atoms with Crippen molar-refractivity contribution in [3.05, 3.63) is 80.4 Å². The maximum Gasteiger partial charge on any atom is 0.416 e. The molecule has 0 radical (unpaired) electrons. The zero-order chi connectivity index (χ0) is 34.1. The van der Waals surface area contributed by atoms with Crippen molar-refractivity contribution in [2.45, 2.75) is 37.7 Å². The lowest BCUT2D eigenvalue weighted by Crippen LogP contribution is -2.48. The van der Waals surface area contributed by atoms with Gasteiger partial charge in [-0.05, 0) is 109 Å². The Balaban J connectivity index is 1.41. The van der Waals surface area contributed by atoms with E-state index >= 15 is 0 Å². The molecule has 7 nitrogen and oxygen atoms in total. The third kappa shape index (κ3) is 8.23. The van der Waals surface area contributed by atoms with E-state index in [0.29, 0.717) is 29.1 Å². The summed E-state index contributed by atoms with van der Waals surface area (Å²) in [5.74, 6) is -2.12. The summed E-state index contributed by atoms with van der Waals surface area (Å²) in [6.45, 7) is 1.48. The van der Waals surface area contributed by atoms with Crippen molar-refractivity contribution >= 4 is 69.2 Å². The van der Waals surface area contributed by atoms with Crippen LogP contribution >= 0.6 is 35.3 Å². The first-order valence-corrected chi connectivity index (χ1v) is 16.2. The molecule has 16 heteroatoms. The number of carboxylic acid groups (broad SMARTS) is 1. The molecule has 0 spiro atoms. The average Bonchev–Trinajstić information content (AvgIpc) is 3.59. The summed E-state index contributed by atoms with van der Waals surface area (Å²) < 4.78 is 80.5. The summed E-state index contributed by atoms with van der Waals surface area (Å²) in [7, 11) is 0. The van der Waals surface area contributed by atoms with Crippen LogP contribution < -0.4 is 10.6 Å². The Hall–Kier alpha value is -3.73. The van der Waals surface area contributed by atoms with Gasteiger partial charge in [-0.3, -0.25) is 14.5 Å². The smallest absolute Gasteiger partial charge is 0.416 e. The van der Waals surface area contributed by atoms with Crippen molar-refractivity contribution in [1.29, 1.82) is 0 Å². The number of nitrogens with one attached hydrogen (secondary N) is 2. The molecular weight excluding hydrogens is 689 g/mol. The SMILES string of the molecule is O=C(O)c1ccc(NC(=O)C(CC2CCNCC2)N2C(=O)/C(=C/c3cc(-c4cc(C(F)(F)F)cc(C(F)(F)F)c4)cs3)SC2=S)cc1. The average molecular weight is 714 g/mol. The molecule has 5 rings (SSSR count). The van der Waals surface area contributed by atoms with E-state index < -0.39 is 47.3 Å². The van der Waals surface area contributed by atoms with Crippen molar-refractivity contribution < 1.29 is 45.8 Å². The third-order valence-electron chi connectivity index (χ3n) is 7.67. The van der Waals surface area contributed by atoms with Crippen molar-refractivity contribution in [2.24, 2.45) is 5.92 Å². The minimum atomic E-state index is -5.00. The Morgan fingerprint density at radius 3 is 2.19 bits per heavy atom. The maximum atomic E-state index is 13.7. The lowest BCUT2D eigenvalue weighted by Gasteiger charge is -2.31. The lowest BCUT2D eigenvalue weighted by molar-refractivity contribution is -0.143. The van der Waals surface area contributed by atoms with E-state index in [2.05, 4.69) is 10.6 Å². The van der Waals surface area contributed by atoms with Gasteiger partial charge in [0.15, 0.2) is 0 Å². The molecule has 1 aromatic heterocycles. The van der Waals surface area contributed by atoms with Gasteiger partial charge in [0.1, 0.15) is 10.4 Å². The van der Waals surface area contributed by atoms with E-state index in [1.807, 2.05) is 0 Å². The summed E-state index contributed by atoms with van der Waals surface area (Å²) in [5.41, 5.74) is -2.71. The number of thiophene rings is 1. The summed E-state index contributed by atoms with van der Waals surface area (Å²) in [4.78, 5) is 40.3. The second-order valence-electron chi connectivity index (χ2n) is 10.9. The minimum Gasteiger partial charge on any atom is -0.478 e. The van der Waals surface area contributed by atoms with Crippen molar-refractivity contribution in [1.82, 2.24) is 10.2 Å². The number of piperidine rings is 1. The number of benzene rings is 2. The highest BCUT2D eigenvalue weighted by molar-refractivity contribution is 8.26. The van der Waals surface area contributed by atoms with Crippen molar-refractivity contribution in [3.63, 3.8) is 0 Å². The number of hydrogen-bond acceptors (Lipinski definition) is 7. The molecule has 0 bridgehead atoms. The highest BCUT2D eigenvalue weighted by Crippen LogP contribution is 2.41. The van der Waals surface area contributed by atoms with Gasteiger partial charge < -0.3 is 15.7 Å². The van der Waals surface area contributed by atoms with Crippen LogP contribution in [-0.2, 0) is 21.9 Å². The summed E-state index contributed by atoms with van der Waals surface area (Å²) in [5, 5.41) is 16.5. The van der Waals surface area contributed by atoms with Crippen LogP contribution in [-0.4, -0.2) is 51.2 Å². The number of alkyl halides is 6. The number of aromatic carboxylic acids is 1. The number of thioether (sulfide) groups is 1. The molecule has 3 heterocycles. The molecule has 0 aliphatic carbocycles. The van der Waals surface area contributed by atoms with E-state index in [4.69, 9.17) is 17.3 Å². The quantitative estimate of drug-likeness (QED) is 0.125. The molecule has 1 unspecified atom stereocenters. The number of anilines is 1. The fraction of sp³-hybridized carbons (Fsp3) is 0.290. The first kappa shape index (κ1) is 34.6. The Bertz CT molecular complexity index is 1700. The zero-order valence-electron chi connectivity index (χ0n) is 24.1. The molecule has 2 saturated heterocycles. The summed E-state index contributed by atoms with van der Waals surface area (Å²) in [6, 6.07) is 7.25. The number of nitrogens with zero attached hydrogens (tertiary/aromatic N) is 1. The number of amides is 2. The first-order valence-electron chi connectivity index (χ1n) is 14.1. The molecular formula is C31H25F6N3O4S3. The number of halogens is 6. The number of thiocarbonyl (C=S) groups is 1. The van der Waals surface area contributed by atoms with Crippen molar-refractivity contribution in [3.8, 4) is 11.1 Å². The fourth-order valence-electron chi connectivity index (χ4n) is 5.26. The molecule has 2 fully saturated rings. The number of carbonyl (C=O) groups is 3. The Morgan fingerprint density at radius 1 is 1.00 bits per heavy atom. The van der Waals surface area contributed by atoms with Crippen LogP contribution in [0.4, 0.5) is 32.0 Å². The van der Waals surface area contributed by atoms with E-state index in [1.54, 1.807) is 0 Å². The van der Waals surface area contributed by atoms with Gasteiger partial charge in [0.25, 0.3) is 5.91 Å². The van der Waals surface area contributed by atoms with Gasteiger partial charge in [-0.2, -0.15) is 26.3 Å². The molecule has 3 aromatic rings. The van der Waals surface area contributed by atoms with Gasteiger partial charge in [-0.1, -0.05) is 24.0 Å². The standard InChI is InChI=1S/C31H25F6N3O4S3/c32-30(33,34)20-10-18(11-21(13-20)31(35,36)37)19-12-23(46-15-19)14-25-27(42)40(29(45)47-25)24(9-16-5-7-38-8-6-16)26(41)39-22-3-1-17(2-4-22)28(43)44/h1-4,10-16,24,38H,5-9H2,(H,39,41)(H,43,44)/b25-14-. The van der Waals surface area contributed by atoms with Crippen LogP contribution in [0.3, 0.4) is 0 Å². The first-order chi connectivity index (χ1) is 22.1. The van der Waals surface area contributed by atoms with Gasteiger partial charge in [-0.25, -0.2) is 4.79 Å². The van der Waals surface area contributed by atoms with E-state index in [9.17, 15) is 40.7 Å². The van der Waals surface area contributed by atoms with Gasteiger partial charge in [-0.15, -0.1) is 11.3 Å². The minimum absolute atomic E-state index is 0.0296. The molecule has 2 aliphatic rings. The summed E-state index contributed by atoms with van der Waals surface area (Å²) in [6.07, 6.45) is -6.71. The second-order valence-corrected chi connectivity index (χ2v) is 13.5. The molecule has 3 N–H and O–H groups in total. The lowest BCUT2D eigenvalue weighted by atomic mass is 9.90. The molecule has 47 heavy (non-hydrogen) atoms. The fourth-order valence-corrected chi connectivity index (χ4v) is 7.53. The van der Waals surface area contributed by atoms with E-state index in [-0.39, 0.29) is 37.9 Å². The molecule has 248 valence electrons. The predicted octanol–water partition coefficient (Wildman–Crippen LogP) is 7.75. The van der Waals surface area contributed by atoms with Crippen LogP contribution in [0.5, 0.6) is 0 Å². The number of carbonyl (C=O) groups excluding carboxylic acids is 2. The van der Waals surface area contributed by atoms with Gasteiger partial charge >= 0.3 is 18.3 Å². The van der Waals surface area contributed by atoms with Gasteiger partial charge in [0.05, 0.1) is 21.6 Å². The Kier molecular flexibility index (Phi) is 10.1. The largest absolute Gasteiger partial charge is 0.478 e. The van der Waals surface area contributed by atoms with E-state index in [0.717, 1.165) is 49.0 Å². The van der Waals surface area contributed by atoms with E-state index in [1.165, 1.54) is 46.7 Å². The summed E-state index contributed by atoms with van der Waals surface area (Å²) >= 11 is 7.47. The third-order valence-corrected chi connectivity index (χ3v) is 9.88. The van der Waals surface area contributed by atoms with Gasteiger partial charge in [0.2, 0.25) is 5.91 Å². The molecule has 2 aliphatic heterocycles. The highest BCUT2D eigenvalue weighted by atomic mass is 32.2. The van der Waals surface area contributed by atoms with Crippen LogP contribution in [0.2, 0.25) is 0 Å². The number of hydrogen-bond donors (Lipinski definition) is 3. The highest BCUT2D eigenvalue weighted by Gasteiger charge is 2.42. The topological polar surface area (TPSA) is 98.7 Å². The Labute approximate surface area is 278 Å². The van der Waals surface area contributed by atoms with Crippen LogP contribution in [0.25, 0.3) is 17.2 Å². The predicted molar refractivity (Wildman–Crippen MR) is 171 cm³/mol. The molecule has 2 amide bonds. The normalized spacial score (nSPS) is 17.7. The number of carboxylic acids is 1. The monoisotopic (exact) mass is 713 g/mol.